The summed E-state index contributed by atoms with van der Waals surface area (Å²) < 4.78 is 32.2. The molecule has 0 bridgehead atoms. The molecule has 2 heterocycles. The van der Waals surface area contributed by atoms with E-state index >= 15 is 0 Å². The van der Waals surface area contributed by atoms with Crippen LogP contribution in [-0.2, 0) is 23.1 Å². The second-order valence-corrected chi connectivity index (χ2v) is 6.66. The SMILES string of the molecule is CNCc1cc(S(=O)(=O)NCc2cncs2)c(C)o1. The van der Waals surface area contributed by atoms with Crippen LogP contribution in [0.15, 0.2) is 27.1 Å². The molecule has 0 atom stereocenters. The topological polar surface area (TPSA) is 84.2 Å². The van der Waals surface area contributed by atoms with Crippen LogP contribution in [0.3, 0.4) is 0 Å². The smallest absolute Gasteiger partial charge is 0.244 e. The molecule has 2 aromatic heterocycles. The second kappa shape index (κ2) is 5.83. The molecule has 0 aromatic carbocycles. The summed E-state index contributed by atoms with van der Waals surface area (Å²) in [5.74, 6) is 0.986. The Morgan fingerprint density at radius 3 is 2.84 bits per heavy atom. The van der Waals surface area contributed by atoms with Crippen LogP contribution < -0.4 is 10.0 Å². The van der Waals surface area contributed by atoms with Crippen LogP contribution in [0.25, 0.3) is 0 Å². The number of nitrogens with one attached hydrogen (secondary N) is 2. The number of thiazole rings is 1. The van der Waals surface area contributed by atoms with Gasteiger partial charge in [-0.15, -0.1) is 11.3 Å². The third-order valence-electron chi connectivity index (χ3n) is 2.48. The molecule has 104 valence electrons. The minimum Gasteiger partial charge on any atom is -0.464 e. The number of nitrogens with zero attached hydrogens (tertiary/aromatic N) is 1. The van der Waals surface area contributed by atoms with Crippen molar-refractivity contribution in [3.8, 4) is 0 Å². The standard InChI is InChI=1S/C11H15N3O3S2/c1-8-11(3-9(17-8)4-12-2)19(15,16)14-6-10-5-13-7-18-10/h3,5,7,12,14H,4,6H2,1-2H3. The number of rotatable bonds is 6. The highest BCUT2D eigenvalue weighted by Gasteiger charge is 2.21. The number of aryl methyl sites for hydroxylation is 1. The van der Waals surface area contributed by atoms with Gasteiger partial charge in [-0.1, -0.05) is 0 Å². The van der Waals surface area contributed by atoms with Crippen molar-refractivity contribution in [1.82, 2.24) is 15.0 Å². The Morgan fingerprint density at radius 1 is 1.42 bits per heavy atom. The van der Waals surface area contributed by atoms with Gasteiger partial charge in [-0.2, -0.15) is 0 Å². The van der Waals surface area contributed by atoms with Gasteiger partial charge in [0.25, 0.3) is 0 Å². The summed E-state index contributed by atoms with van der Waals surface area (Å²) in [7, 11) is -1.79. The van der Waals surface area contributed by atoms with Gasteiger partial charge in [-0.3, -0.25) is 4.98 Å². The fourth-order valence-electron chi connectivity index (χ4n) is 1.63. The van der Waals surface area contributed by atoms with E-state index in [9.17, 15) is 8.42 Å². The van der Waals surface area contributed by atoms with Gasteiger partial charge in [-0.25, -0.2) is 13.1 Å². The lowest BCUT2D eigenvalue weighted by molar-refractivity contribution is 0.465. The molecule has 0 fully saturated rings. The molecule has 2 N–H and O–H groups in total. The Labute approximate surface area is 115 Å². The minimum atomic E-state index is -3.56. The first kappa shape index (κ1) is 14.2. The van der Waals surface area contributed by atoms with Crippen LogP contribution in [0.1, 0.15) is 16.4 Å². The van der Waals surface area contributed by atoms with E-state index in [-0.39, 0.29) is 11.4 Å². The molecule has 2 rings (SSSR count). The van der Waals surface area contributed by atoms with Gasteiger partial charge in [0, 0.05) is 23.7 Å². The van der Waals surface area contributed by atoms with Crippen molar-refractivity contribution in [2.24, 2.45) is 0 Å². The highest BCUT2D eigenvalue weighted by atomic mass is 32.2. The molecule has 6 nitrogen and oxygen atoms in total. The Balaban J connectivity index is 2.14. The lowest BCUT2D eigenvalue weighted by Crippen LogP contribution is -2.23. The van der Waals surface area contributed by atoms with E-state index in [2.05, 4.69) is 15.0 Å². The predicted octanol–water partition coefficient (Wildman–Crippen LogP) is 1.24. The zero-order chi connectivity index (χ0) is 13.9. The van der Waals surface area contributed by atoms with Crippen molar-refractivity contribution >= 4 is 21.4 Å². The summed E-state index contributed by atoms with van der Waals surface area (Å²) in [5, 5.41) is 2.91. The molecule has 0 saturated carbocycles. The second-order valence-electron chi connectivity index (χ2n) is 3.96. The van der Waals surface area contributed by atoms with E-state index in [0.29, 0.717) is 18.1 Å². The zero-order valence-electron chi connectivity index (χ0n) is 10.6. The molecule has 0 aliphatic rings. The first-order valence-electron chi connectivity index (χ1n) is 5.64. The molecule has 0 radical (unpaired) electrons. The Morgan fingerprint density at radius 2 is 2.21 bits per heavy atom. The van der Waals surface area contributed by atoms with Crippen LogP contribution in [-0.4, -0.2) is 20.4 Å². The highest BCUT2D eigenvalue weighted by molar-refractivity contribution is 7.89. The predicted molar refractivity (Wildman–Crippen MR) is 72.3 cm³/mol. The molecule has 8 heteroatoms. The van der Waals surface area contributed by atoms with Gasteiger partial charge >= 0.3 is 0 Å². The molecule has 2 aromatic rings. The summed E-state index contributed by atoms with van der Waals surface area (Å²) in [4.78, 5) is 4.94. The molecule has 0 aliphatic heterocycles. The van der Waals surface area contributed by atoms with Crippen molar-refractivity contribution in [2.45, 2.75) is 24.9 Å². The largest absolute Gasteiger partial charge is 0.464 e. The van der Waals surface area contributed by atoms with Crippen LogP contribution in [0, 0.1) is 6.92 Å². The molecule has 0 spiro atoms. The minimum absolute atomic E-state index is 0.183. The molecular formula is C11H15N3O3S2. The summed E-state index contributed by atoms with van der Waals surface area (Å²) in [6.45, 7) is 2.37. The van der Waals surface area contributed by atoms with Crippen LogP contribution in [0.4, 0.5) is 0 Å². The van der Waals surface area contributed by atoms with Crippen molar-refractivity contribution in [3.05, 3.63) is 34.2 Å². The Kier molecular flexibility index (Phi) is 4.35. The van der Waals surface area contributed by atoms with Crippen molar-refractivity contribution in [1.29, 1.82) is 0 Å². The van der Waals surface area contributed by atoms with Gasteiger partial charge in [0.2, 0.25) is 10.0 Å². The average molecular weight is 301 g/mol. The van der Waals surface area contributed by atoms with Gasteiger partial charge in [0.1, 0.15) is 16.4 Å². The number of hydrogen-bond acceptors (Lipinski definition) is 6. The summed E-state index contributed by atoms with van der Waals surface area (Å²) >= 11 is 1.40. The molecule has 0 aliphatic carbocycles. The third-order valence-corrected chi connectivity index (χ3v) is 4.77. The normalized spacial score (nSPS) is 11.9. The number of hydrogen-bond donors (Lipinski definition) is 2. The number of sulfonamides is 1. The maximum Gasteiger partial charge on any atom is 0.244 e. The van der Waals surface area contributed by atoms with Crippen LogP contribution >= 0.6 is 11.3 Å². The number of furan rings is 1. The van der Waals surface area contributed by atoms with Gasteiger partial charge in [-0.05, 0) is 14.0 Å². The summed E-state index contributed by atoms with van der Waals surface area (Å²) in [6, 6.07) is 1.54. The van der Waals surface area contributed by atoms with E-state index in [1.165, 1.54) is 11.3 Å². The maximum absolute atomic E-state index is 12.2. The lowest BCUT2D eigenvalue weighted by atomic mass is 10.4. The molecule has 0 unspecified atom stereocenters. The highest BCUT2D eigenvalue weighted by Crippen LogP contribution is 2.20. The van der Waals surface area contributed by atoms with E-state index < -0.39 is 10.0 Å². The monoisotopic (exact) mass is 301 g/mol. The van der Waals surface area contributed by atoms with E-state index in [1.54, 1.807) is 31.7 Å². The van der Waals surface area contributed by atoms with E-state index in [1.807, 2.05) is 0 Å². The third kappa shape index (κ3) is 3.41. The Bertz CT molecular complexity index is 632. The fourth-order valence-corrected chi connectivity index (χ4v) is 3.46. The first-order chi connectivity index (χ1) is 9.03. The molecule has 0 saturated heterocycles. The molecule has 19 heavy (non-hydrogen) atoms. The Hall–Kier alpha value is -1.22. The van der Waals surface area contributed by atoms with Crippen molar-refractivity contribution in [2.75, 3.05) is 7.05 Å². The fraction of sp³-hybridized carbons (Fsp3) is 0.364. The average Bonchev–Trinajstić information content (AvgIpc) is 2.97. The van der Waals surface area contributed by atoms with Gasteiger partial charge in [0.05, 0.1) is 12.1 Å². The van der Waals surface area contributed by atoms with E-state index in [4.69, 9.17) is 4.42 Å². The van der Waals surface area contributed by atoms with Gasteiger partial charge in [0.15, 0.2) is 0 Å². The summed E-state index contributed by atoms with van der Waals surface area (Å²) in [6.07, 6.45) is 1.64. The van der Waals surface area contributed by atoms with Crippen LogP contribution in [0.5, 0.6) is 0 Å². The molecular weight excluding hydrogens is 286 g/mol. The van der Waals surface area contributed by atoms with Crippen molar-refractivity contribution in [3.63, 3.8) is 0 Å². The maximum atomic E-state index is 12.2. The number of aromatic nitrogens is 1. The zero-order valence-corrected chi connectivity index (χ0v) is 12.3. The molecule has 0 amide bonds. The van der Waals surface area contributed by atoms with Crippen molar-refractivity contribution < 1.29 is 12.8 Å². The quantitative estimate of drug-likeness (QED) is 0.838. The lowest BCUT2D eigenvalue weighted by Gasteiger charge is -2.03. The summed E-state index contributed by atoms with van der Waals surface area (Å²) in [5.41, 5.74) is 1.66. The van der Waals surface area contributed by atoms with Gasteiger partial charge < -0.3 is 9.73 Å². The van der Waals surface area contributed by atoms with E-state index in [0.717, 1.165) is 4.88 Å². The van der Waals surface area contributed by atoms with Crippen LogP contribution in [0.2, 0.25) is 0 Å². The first-order valence-corrected chi connectivity index (χ1v) is 8.00.